The van der Waals surface area contributed by atoms with Crippen LogP contribution < -0.4 is 4.90 Å². The van der Waals surface area contributed by atoms with Crippen LogP contribution in [0.5, 0.6) is 0 Å². The molecule has 0 unspecified atom stereocenters. The topological polar surface area (TPSA) is 73.8 Å². The van der Waals surface area contributed by atoms with Crippen LogP contribution in [0.25, 0.3) is 10.6 Å². The van der Waals surface area contributed by atoms with Gasteiger partial charge in [0.15, 0.2) is 0 Å². The minimum Gasteiger partial charge on any atom is -0.337 e. The second-order valence-electron chi connectivity index (χ2n) is 7.90. The Kier molecular flexibility index (Phi) is 5.45. The molecule has 0 radical (unpaired) electrons. The van der Waals surface area contributed by atoms with Gasteiger partial charge < -0.3 is 9.80 Å². The lowest BCUT2D eigenvalue weighted by atomic mass is 10.0. The number of benzene rings is 2. The van der Waals surface area contributed by atoms with Gasteiger partial charge in [0.1, 0.15) is 17.2 Å². The van der Waals surface area contributed by atoms with E-state index < -0.39 is 0 Å². The van der Waals surface area contributed by atoms with Crippen LogP contribution in [0.4, 0.5) is 10.5 Å². The molecule has 2 fully saturated rings. The summed E-state index contributed by atoms with van der Waals surface area (Å²) in [6.45, 7) is 1.15. The molecule has 2 aliphatic heterocycles. The van der Waals surface area contributed by atoms with E-state index in [9.17, 15) is 14.4 Å². The Morgan fingerprint density at radius 1 is 0.938 bits per heavy atom. The largest absolute Gasteiger partial charge is 0.337 e. The van der Waals surface area contributed by atoms with Gasteiger partial charge in [0, 0.05) is 30.1 Å². The molecule has 32 heavy (non-hydrogen) atoms. The number of para-hydroxylation sites is 1. The first kappa shape index (κ1) is 20.4. The molecule has 2 aliphatic rings. The van der Waals surface area contributed by atoms with Crippen LogP contribution in [0.3, 0.4) is 0 Å². The predicted octanol–water partition coefficient (Wildman–Crippen LogP) is 3.88. The average Bonchev–Trinajstić information content (AvgIpc) is 3.45. The van der Waals surface area contributed by atoms with E-state index in [1.807, 2.05) is 48.5 Å². The Hall–Kier alpha value is -3.52. The van der Waals surface area contributed by atoms with Gasteiger partial charge in [-0.15, -0.1) is 11.3 Å². The maximum atomic E-state index is 13.0. The molecule has 0 aliphatic carbocycles. The van der Waals surface area contributed by atoms with E-state index in [0.717, 1.165) is 10.6 Å². The Balaban J connectivity index is 1.22. The van der Waals surface area contributed by atoms with Crippen LogP contribution in [-0.4, -0.2) is 58.3 Å². The smallest absolute Gasteiger partial charge is 0.332 e. The van der Waals surface area contributed by atoms with Crippen molar-refractivity contribution in [2.24, 2.45) is 0 Å². The zero-order chi connectivity index (χ0) is 22.1. The number of urea groups is 1. The summed E-state index contributed by atoms with van der Waals surface area (Å²) in [6.07, 6.45) is 1.28. The highest BCUT2D eigenvalue weighted by Crippen LogP contribution is 2.28. The highest BCUT2D eigenvalue weighted by Gasteiger charge is 2.41. The van der Waals surface area contributed by atoms with Gasteiger partial charge in [-0.1, -0.05) is 48.5 Å². The number of likely N-dealkylation sites (tertiary alicyclic amines) is 1. The number of piperidine rings is 1. The Labute approximate surface area is 189 Å². The van der Waals surface area contributed by atoms with Crippen LogP contribution in [-0.2, 0) is 4.79 Å². The number of carbonyl (C=O) groups is 3. The van der Waals surface area contributed by atoms with E-state index in [1.54, 1.807) is 27.3 Å². The average molecular weight is 447 g/mol. The lowest BCUT2D eigenvalue weighted by Gasteiger charge is -2.35. The lowest BCUT2D eigenvalue weighted by Crippen LogP contribution is -2.48. The van der Waals surface area contributed by atoms with Crippen molar-refractivity contribution < 1.29 is 14.4 Å². The van der Waals surface area contributed by atoms with Crippen molar-refractivity contribution in [1.29, 1.82) is 0 Å². The fourth-order valence-corrected chi connectivity index (χ4v) is 5.06. The standard InChI is InChI=1S/C24H22N4O3S/c29-21-15-27(24(31)28(21)19-9-5-2-6-10-19)18-11-13-26(14-12-18)23(30)20-16-32-22(25-20)17-7-3-1-4-8-17/h1-10,16,18H,11-15H2. The van der Waals surface area contributed by atoms with Gasteiger partial charge >= 0.3 is 6.03 Å². The first-order valence-electron chi connectivity index (χ1n) is 10.6. The Morgan fingerprint density at radius 2 is 1.59 bits per heavy atom. The van der Waals surface area contributed by atoms with Crippen LogP contribution in [0, 0.1) is 0 Å². The van der Waals surface area contributed by atoms with Crippen molar-refractivity contribution >= 4 is 34.9 Å². The molecule has 0 bridgehead atoms. The fraction of sp³-hybridized carbons (Fsp3) is 0.250. The van der Waals surface area contributed by atoms with Gasteiger partial charge in [-0.05, 0) is 25.0 Å². The van der Waals surface area contributed by atoms with Crippen LogP contribution in [0.2, 0.25) is 0 Å². The molecule has 0 N–H and O–H groups in total. The first-order chi connectivity index (χ1) is 15.6. The number of hydrogen-bond donors (Lipinski definition) is 0. The number of aromatic nitrogens is 1. The third-order valence-electron chi connectivity index (χ3n) is 5.94. The summed E-state index contributed by atoms with van der Waals surface area (Å²) in [5.74, 6) is -0.299. The molecule has 8 heteroatoms. The van der Waals surface area contributed by atoms with Crippen LogP contribution >= 0.6 is 11.3 Å². The van der Waals surface area contributed by atoms with Gasteiger partial charge in [-0.2, -0.15) is 0 Å². The van der Waals surface area contributed by atoms with Crippen molar-refractivity contribution in [2.45, 2.75) is 18.9 Å². The molecule has 0 atom stereocenters. The third kappa shape index (κ3) is 3.78. The number of amides is 4. The number of anilines is 1. The highest BCUT2D eigenvalue weighted by molar-refractivity contribution is 7.13. The number of rotatable bonds is 4. The molecule has 162 valence electrons. The summed E-state index contributed by atoms with van der Waals surface area (Å²) >= 11 is 1.46. The second-order valence-corrected chi connectivity index (χ2v) is 8.76. The summed E-state index contributed by atoms with van der Waals surface area (Å²) < 4.78 is 0. The molecular formula is C24H22N4O3S. The highest BCUT2D eigenvalue weighted by atomic mass is 32.1. The Bertz CT molecular complexity index is 1140. The van der Waals surface area contributed by atoms with Crippen LogP contribution in [0.1, 0.15) is 23.3 Å². The fourth-order valence-electron chi connectivity index (χ4n) is 4.26. The molecule has 3 heterocycles. The molecule has 7 nitrogen and oxygen atoms in total. The molecule has 3 aromatic rings. The maximum Gasteiger partial charge on any atom is 0.332 e. The minimum atomic E-state index is -0.280. The van der Waals surface area contributed by atoms with E-state index >= 15 is 0 Å². The molecule has 0 spiro atoms. The number of imide groups is 1. The zero-order valence-electron chi connectivity index (χ0n) is 17.4. The van der Waals surface area contributed by atoms with E-state index in [1.165, 1.54) is 16.2 Å². The van der Waals surface area contributed by atoms with E-state index in [4.69, 9.17) is 0 Å². The monoisotopic (exact) mass is 446 g/mol. The van der Waals surface area contributed by atoms with Gasteiger partial charge in [0.25, 0.3) is 11.8 Å². The summed E-state index contributed by atoms with van der Waals surface area (Å²) in [4.78, 5) is 47.6. The number of hydrogen-bond acceptors (Lipinski definition) is 5. The summed E-state index contributed by atoms with van der Waals surface area (Å²) in [6, 6.07) is 18.5. The molecular weight excluding hydrogens is 424 g/mol. The summed E-state index contributed by atoms with van der Waals surface area (Å²) in [7, 11) is 0. The third-order valence-corrected chi connectivity index (χ3v) is 6.83. The van der Waals surface area contributed by atoms with Gasteiger partial charge in [0.05, 0.1) is 5.69 Å². The number of nitrogens with zero attached hydrogens (tertiary/aromatic N) is 4. The van der Waals surface area contributed by atoms with Gasteiger partial charge in [0.2, 0.25) is 0 Å². The molecule has 4 amide bonds. The van der Waals surface area contributed by atoms with Crippen LogP contribution in [0.15, 0.2) is 66.0 Å². The van der Waals surface area contributed by atoms with E-state index in [-0.39, 0.29) is 30.4 Å². The second kappa shape index (κ2) is 8.55. The van der Waals surface area contributed by atoms with E-state index in [2.05, 4.69) is 4.98 Å². The number of carbonyl (C=O) groups excluding carboxylic acids is 3. The van der Waals surface area contributed by atoms with Crippen molar-refractivity contribution in [3.05, 3.63) is 71.7 Å². The number of thiazole rings is 1. The van der Waals surface area contributed by atoms with Crippen molar-refractivity contribution in [3.63, 3.8) is 0 Å². The van der Waals surface area contributed by atoms with Crippen molar-refractivity contribution in [1.82, 2.24) is 14.8 Å². The molecule has 0 saturated carbocycles. The predicted molar refractivity (Wildman–Crippen MR) is 123 cm³/mol. The molecule has 1 aromatic heterocycles. The SMILES string of the molecule is O=C(c1csc(-c2ccccc2)n1)N1CCC(N2CC(=O)N(c3ccccc3)C2=O)CC1. The van der Waals surface area contributed by atoms with E-state index in [0.29, 0.717) is 37.3 Å². The Morgan fingerprint density at radius 3 is 2.28 bits per heavy atom. The van der Waals surface area contributed by atoms with Gasteiger partial charge in [-0.25, -0.2) is 14.7 Å². The minimum absolute atomic E-state index is 0.0560. The summed E-state index contributed by atoms with van der Waals surface area (Å²) in [5.41, 5.74) is 2.04. The lowest BCUT2D eigenvalue weighted by molar-refractivity contribution is -0.116. The van der Waals surface area contributed by atoms with Crippen molar-refractivity contribution in [2.75, 3.05) is 24.5 Å². The molecule has 2 aromatic carbocycles. The van der Waals surface area contributed by atoms with Gasteiger partial charge in [-0.3, -0.25) is 9.59 Å². The van der Waals surface area contributed by atoms with Crippen molar-refractivity contribution in [3.8, 4) is 10.6 Å². The maximum absolute atomic E-state index is 13.0. The molecule has 2 saturated heterocycles. The normalized spacial score (nSPS) is 17.3. The molecule has 5 rings (SSSR count). The summed E-state index contributed by atoms with van der Waals surface area (Å²) in [5, 5.41) is 2.63. The zero-order valence-corrected chi connectivity index (χ0v) is 18.2. The first-order valence-corrected chi connectivity index (χ1v) is 11.5. The quantitative estimate of drug-likeness (QED) is 0.570.